The van der Waals surface area contributed by atoms with Gasteiger partial charge in [0.2, 0.25) is 0 Å². The van der Waals surface area contributed by atoms with E-state index in [1.807, 2.05) is 54.6 Å². The van der Waals surface area contributed by atoms with Crippen molar-refractivity contribution in [2.75, 3.05) is 0 Å². The molecule has 0 saturated heterocycles. The summed E-state index contributed by atoms with van der Waals surface area (Å²) in [6.45, 7) is 0. The molecule has 0 spiro atoms. The standard InChI is InChI=1S/C18H14N4O/c23-18(15-11-19-17-8-4-2-6-14(15)17)22-20-10-13-9-12-5-1-3-7-16(12)21-13/h1-11,19,21H,(H,22,23)/b20-10-. The van der Waals surface area contributed by atoms with Crippen molar-refractivity contribution in [3.63, 3.8) is 0 Å². The molecule has 3 N–H and O–H groups in total. The summed E-state index contributed by atoms with van der Waals surface area (Å²) in [6, 6.07) is 17.6. The molecule has 112 valence electrons. The highest BCUT2D eigenvalue weighted by Gasteiger charge is 2.10. The number of carbonyl (C=O) groups is 1. The zero-order valence-corrected chi connectivity index (χ0v) is 12.2. The highest BCUT2D eigenvalue weighted by atomic mass is 16.2. The van der Waals surface area contributed by atoms with Gasteiger partial charge in [-0.2, -0.15) is 5.10 Å². The first-order valence-electron chi connectivity index (χ1n) is 7.28. The third-order valence-corrected chi connectivity index (χ3v) is 3.75. The molecular formula is C18H14N4O. The maximum atomic E-state index is 12.2. The first-order valence-corrected chi connectivity index (χ1v) is 7.28. The van der Waals surface area contributed by atoms with Gasteiger partial charge in [-0.25, -0.2) is 5.43 Å². The van der Waals surface area contributed by atoms with E-state index in [4.69, 9.17) is 0 Å². The van der Waals surface area contributed by atoms with Crippen molar-refractivity contribution in [2.45, 2.75) is 0 Å². The molecule has 4 rings (SSSR count). The molecule has 0 aliphatic heterocycles. The maximum Gasteiger partial charge on any atom is 0.273 e. The van der Waals surface area contributed by atoms with Gasteiger partial charge in [0.25, 0.3) is 5.91 Å². The van der Waals surface area contributed by atoms with Crippen molar-refractivity contribution in [2.24, 2.45) is 5.10 Å². The number of aromatic nitrogens is 2. The second-order valence-corrected chi connectivity index (χ2v) is 5.26. The fourth-order valence-electron chi connectivity index (χ4n) is 2.65. The molecule has 0 bridgehead atoms. The van der Waals surface area contributed by atoms with E-state index in [1.165, 1.54) is 0 Å². The van der Waals surface area contributed by atoms with Crippen LogP contribution in [0.5, 0.6) is 0 Å². The number of carbonyl (C=O) groups excluding carboxylic acids is 1. The van der Waals surface area contributed by atoms with E-state index in [0.717, 1.165) is 27.5 Å². The van der Waals surface area contributed by atoms with E-state index in [2.05, 4.69) is 20.5 Å². The van der Waals surface area contributed by atoms with Crippen LogP contribution in [0.3, 0.4) is 0 Å². The molecule has 5 heteroatoms. The van der Waals surface area contributed by atoms with Crippen LogP contribution < -0.4 is 5.43 Å². The normalized spacial score (nSPS) is 11.5. The number of para-hydroxylation sites is 2. The van der Waals surface area contributed by atoms with Gasteiger partial charge < -0.3 is 9.97 Å². The summed E-state index contributed by atoms with van der Waals surface area (Å²) in [5, 5.41) is 6.02. The van der Waals surface area contributed by atoms with Crippen LogP contribution in [0.2, 0.25) is 0 Å². The Morgan fingerprint density at radius 3 is 2.70 bits per heavy atom. The quantitative estimate of drug-likeness (QED) is 0.394. The molecule has 2 aromatic carbocycles. The Bertz CT molecular complexity index is 993. The molecule has 1 amide bonds. The second-order valence-electron chi connectivity index (χ2n) is 5.26. The third kappa shape index (κ3) is 2.48. The second kappa shape index (κ2) is 5.46. The highest BCUT2D eigenvalue weighted by molar-refractivity contribution is 6.06. The van der Waals surface area contributed by atoms with Gasteiger partial charge in [-0.3, -0.25) is 4.79 Å². The average Bonchev–Trinajstić information content (AvgIpc) is 3.18. The summed E-state index contributed by atoms with van der Waals surface area (Å²) in [7, 11) is 0. The van der Waals surface area contributed by atoms with Gasteiger partial charge in [0.05, 0.1) is 17.5 Å². The Kier molecular flexibility index (Phi) is 3.16. The lowest BCUT2D eigenvalue weighted by Crippen LogP contribution is -2.17. The Labute approximate surface area is 132 Å². The van der Waals surface area contributed by atoms with Gasteiger partial charge in [-0.1, -0.05) is 36.4 Å². The Balaban J connectivity index is 1.52. The molecule has 0 unspecified atom stereocenters. The van der Waals surface area contributed by atoms with E-state index in [1.54, 1.807) is 12.4 Å². The number of amides is 1. The molecule has 2 heterocycles. The maximum absolute atomic E-state index is 12.2. The molecule has 5 nitrogen and oxygen atoms in total. The van der Waals surface area contributed by atoms with Gasteiger partial charge in [0.15, 0.2) is 0 Å². The topological polar surface area (TPSA) is 73.0 Å². The average molecular weight is 302 g/mol. The predicted octanol–water partition coefficient (Wildman–Crippen LogP) is 3.41. The smallest absolute Gasteiger partial charge is 0.273 e. The minimum atomic E-state index is -0.241. The number of hydrogen-bond acceptors (Lipinski definition) is 2. The predicted molar refractivity (Wildman–Crippen MR) is 91.7 cm³/mol. The van der Waals surface area contributed by atoms with Crippen molar-refractivity contribution < 1.29 is 4.79 Å². The lowest BCUT2D eigenvalue weighted by atomic mass is 10.2. The van der Waals surface area contributed by atoms with Crippen LogP contribution in [-0.4, -0.2) is 22.1 Å². The van der Waals surface area contributed by atoms with Crippen LogP contribution in [0, 0.1) is 0 Å². The van der Waals surface area contributed by atoms with Crippen LogP contribution in [0.25, 0.3) is 21.8 Å². The zero-order valence-electron chi connectivity index (χ0n) is 12.2. The SMILES string of the molecule is O=C(N/N=C\c1cc2ccccc2[nH]1)c1c[nH]c2ccccc12. The van der Waals surface area contributed by atoms with Crippen LogP contribution in [0.4, 0.5) is 0 Å². The molecule has 0 atom stereocenters. The van der Waals surface area contributed by atoms with Crippen molar-refractivity contribution in [1.29, 1.82) is 0 Å². The first kappa shape index (κ1) is 13.3. The number of aromatic amines is 2. The number of H-pyrrole nitrogens is 2. The summed E-state index contributed by atoms with van der Waals surface area (Å²) >= 11 is 0. The fraction of sp³-hybridized carbons (Fsp3) is 0. The summed E-state index contributed by atoms with van der Waals surface area (Å²) in [6.07, 6.45) is 3.30. The minimum Gasteiger partial charge on any atom is -0.360 e. The van der Waals surface area contributed by atoms with Crippen LogP contribution in [-0.2, 0) is 0 Å². The number of nitrogens with zero attached hydrogens (tertiary/aromatic N) is 1. The molecule has 0 aliphatic rings. The van der Waals surface area contributed by atoms with Gasteiger partial charge in [-0.05, 0) is 18.2 Å². The third-order valence-electron chi connectivity index (χ3n) is 3.75. The molecule has 23 heavy (non-hydrogen) atoms. The van der Waals surface area contributed by atoms with E-state index in [0.29, 0.717) is 5.56 Å². The van der Waals surface area contributed by atoms with Crippen molar-refractivity contribution in [1.82, 2.24) is 15.4 Å². The lowest BCUT2D eigenvalue weighted by molar-refractivity contribution is 0.0957. The minimum absolute atomic E-state index is 0.241. The summed E-state index contributed by atoms with van der Waals surface area (Å²) in [5.74, 6) is -0.241. The zero-order chi connectivity index (χ0) is 15.6. The number of rotatable bonds is 3. The number of benzene rings is 2. The van der Waals surface area contributed by atoms with Gasteiger partial charge in [0, 0.05) is 28.0 Å². The number of hydrazone groups is 1. The monoisotopic (exact) mass is 302 g/mol. The molecule has 0 fully saturated rings. The molecular weight excluding hydrogens is 288 g/mol. The van der Waals surface area contributed by atoms with Crippen molar-refractivity contribution >= 4 is 33.9 Å². The number of fused-ring (bicyclic) bond motifs is 2. The summed E-state index contributed by atoms with van der Waals surface area (Å²) < 4.78 is 0. The van der Waals surface area contributed by atoms with E-state index in [-0.39, 0.29) is 5.91 Å². The molecule has 0 radical (unpaired) electrons. The molecule has 0 saturated carbocycles. The van der Waals surface area contributed by atoms with Crippen molar-refractivity contribution in [3.05, 3.63) is 72.1 Å². The van der Waals surface area contributed by atoms with Gasteiger partial charge >= 0.3 is 0 Å². The summed E-state index contributed by atoms with van der Waals surface area (Å²) in [5.41, 5.74) is 5.94. The Hall–Kier alpha value is -3.34. The number of hydrogen-bond donors (Lipinski definition) is 3. The number of nitrogens with one attached hydrogen (secondary N) is 3. The first-order chi connectivity index (χ1) is 11.3. The highest BCUT2D eigenvalue weighted by Crippen LogP contribution is 2.17. The Morgan fingerprint density at radius 2 is 1.83 bits per heavy atom. The lowest BCUT2D eigenvalue weighted by Gasteiger charge is -1.97. The van der Waals surface area contributed by atoms with E-state index in [9.17, 15) is 4.79 Å². The van der Waals surface area contributed by atoms with E-state index < -0.39 is 0 Å². The Morgan fingerprint density at radius 1 is 1.04 bits per heavy atom. The fourth-order valence-corrected chi connectivity index (χ4v) is 2.65. The summed E-state index contributed by atoms with van der Waals surface area (Å²) in [4.78, 5) is 18.5. The van der Waals surface area contributed by atoms with Crippen LogP contribution >= 0.6 is 0 Å². The van der Waals surface area contributed by atoms with Gasteiger partial charge in [0.1, 0.15) is 0 Å². The largest absolute Gasteiger partial charge is 0.360 e. The van der Waals surface area contributed by atoms with Crippen LogP contribution in [0.15, 0.2) is 65.9 Å². The molecule has 0 aliphatic carbocycles. The van der Waals surface area contributed by atoms with E-state index >= 15 is 0 Å². The molecule has 4 aromatic rings. The van der Waals surface area contributed by atoms with Gasteiger partial charge in [-0.15, -0.1) is 0 Å². The van der Waals surface area contributed by atoms with Crippen molar-refractivity contribution in [3.8, 4) is 0 Å². The molecule has 2 aromatic heterocycles. The van der Waals surface area contributed by atoms with Crippen LogP contribution in [0.1, 0.15) is 16.1 Å².